The van der Waals surface area contributed by atoms with E-state index in [4.69, 9.17) is 14.6 Å². The normalized spacial score (nSPS) is 30.1. The minimum Gasteiger partial charge on any atom is -0.394 e. The Hall–Kier alpha value is -0.860. The van der Waals surface area contributed by atoms with Crippen molar-refractivity contribution in [2.45, 2.75) is 37.5 Å². The van der Waals surface area contributed by atoms with E-state index < -0.39 is 30.5 Å². The van der Waals surface area contributed by atoms with Gasteiger partial charge < -0.3 is 19.9 Å². The first-order valence-corrected chi connectivity index (χ1v) is 5.05. The third-order valence-electron chi connectivity index (χ3n) is 2.46. The highest BCUT2D eigenvalue weighted by atomic mass is 19.4. The van der Waals surface area contributed by atoms with Crippen LogP contribution in [-0.4, -0.2) is 49.3 Å². The molecule has 1 amide bonds. The highest BCUT2D eigenvalue weighted by Crippen LogP contribution is 2.22. The zero-order valence-electron chi connectivity index (χ0n) is 9.16. The number of carbonyl (C=O) groups is 1. The molecule has 0 aliphatic carbocycles. The first-order valence-electron chi connectivity index (χ1n) is 5.05. The maximum atomic E-state index is 12.0. The Balaban J connectivity index is 2.56. The Morgan fingerprint density at radius 2 is 2.18 bits per heavy atom. The van der Waals surface area contributed by atoms with E-state index in [0.717, 1.165) is 0 Å². The zero-order valence-corrected chi connectivity index (χ0v) is 9.16. The van der Waals surface area contributed by atoms with E-state index in [1.54, 1.807) is 0 Å². The highest BCUT2D eigenvalue weighted by molar-refractivity contribution is 5.81. The Labute approximate surface area is 95.9 Å². The average Bonchev–Trinajstić information content (AvgIpc) is 2.28. The Kier molecular flexibility index (Phi) is 4.72. The van der Waals surface area contributed by atoms with Crippen LogP contribution in [0.15, 0.2) is 0 Å². The summed E-state index contributed by atoms with van der Waals surface area (Å²) in [5.41, 5.74) is 0. The molecule has 0 bridgehead atoms. The lowest BCUT2D eigenvalue weighted by atomic mass is 10.0. The molecule has 1 heterocycles. The van der Waals surface area contributed by atoms with Crippen LogP contribution in [0.4, 0.5) is 13.2 Å². The minimum absolute atomic E-state index is 0.236. The van der Waals surface area contributed by atoms with Crippen molar-refractivity contribution < 1.29 is 32.5 Å². The van der Waals surface area contributed by atoms with Crippen molar-refractivity contribution in [2.75, 3.05) is 13.7 Å². The number of carbonyl (C=O) groups excluding carboxylic acids is 1. The van der Waals surface area contributed by atoms with Gasteiger partial charge in [0.25, 0.3) is 0 Å². The molecule has 0 saturated carbocycles. The van der Waals surface area contributed by atoms with Gasteiger partial charge in [-0.25, -0.2) is 0 Å². The smallest absolute Gasteiger partial charge is 0.394 e. The van der Waals surface area contributed by atoms with E-state index >= 15 is 0 Å². The summed E-state index contributed by atoms with van der Waals surface area (Å²) in [7, 11) is 1.26. The largest absolute Gasteiger partial charge is 0.471 e. The fourth-order valence-corrected chi connectivity index (χ4v) is 1.60. The average molecular weight is 257 g/mol. The van der Waals surface area contributed by atoms with Crippen molar-refractivity contribution in [3.63, 3.8) is 0 Å². The third-order valence-corrected chi connectivity index (χ3v) is 2.46. The van der Waals surface area contributed by atoms with Crippen LogP contribution in [0.25, 0.3) is 0 Å². The molecule has 8 heteroatoms. The van der Waals surface area contributed by atoms with Crippen LogP contribution in [-0.2, 0) is 14.3 Å². The molecule has 1 rings (SSSR count). The summed E-state index contributed by atoms with van der Waals surface area (Å²) in [6, 6.07) is -0.864. The molecule has 0 aromatic heterocycles. The number of nitrogens with one attached hydrogen (secondary N) is 1. The van der Waals surface area contributed by atoms with Crippen molar-refractivity contribution in [1.82, 2.24) is 5.32 Å². The SMILES string of the molecule is CO[C@@H]1O[C@H](CO)CC[C@H]1NC(=O)C(F)(F)F. The van der Waals surface area contributed by atoms with E-state index in [9.17, 15) is 18.0 Å². The van der Waals surface area contributed by atoms with Gasteiger partial charge in [0, 0.05) is 7.11 Å². The predicted molar refractivity (Wildman–Crippen MR) is 50.0 cm³/mol. The van der Waals surface area contributed by atoms with Gasteiger partial charge in [-0.05, 0) is 12.8 Å². The number of ether oxygens (including phenoxy) is 2. The lowest BCUT2D eigenvalue weighted by Crippen LogP contribution is -2.53. The van der Waals surface area contributed by atoms with Gasteiger partial charge in [0.15, 0.2) is 6.29 Å². The topological polar surface area (TPSA) is 67.8 Å². The summed E-state index contributed by atoms with van der Waals surface area (Å²) < 4.78 is 46.1. The molecule has 0 aromatic rings. The summed E-state index contributed by atoms with van der Waals surface area (Å²) in [6.45, 7) is -0.236. The first-order chi connectivity index (χ1) is 7.88. The molecule has 1 aliphatic rings. The van der Waals surface area contributed by atoms with Crippen LogP contribution in [0.5, 0.6) is 0 Å². The number of aliphatic hydroxyl groups excluding tert-OH is 1. The molecule has 17 heavy (non-hydrogen) atoms. The Morgan fingerprint density at radius 1 is 1.53 bits per heavy atom. The fourth-order valence-electron chi connectivity index (χ4n) is 1.60. The van der Waals surface area contributed by atoms with Gasteiger partial charge in [0.05, 0.1) is 18.8 Å². The predicted octanol–water partition coefficient (Wildman–Crippen LogP) is 0.177. The minimum atomic E-state index is -4.92. The van der Waals surface area contributed by atoms with Crippen LogP contribution in [0.1, 0.15) is 12.8 Å². The lowest BCUT2D eigenvalue weighted by molar-refractivity contribution is -0.209. The number of hydrogen-bond acceptors (Lipinski definition) is 4. The molecule has 100 valence electrons. The monoisotopic (exact) mass is 257 g/mol. The summed E-state index contributed by atoms with van der Waals surface area (Å²) in [5, 5.41) is 10.7. The zero-order chi connectivity index (χ0) is 13.1. The molecular formula is C9H14F3NO4. The van der Waals surface area contributed by atoms with E-state index in [0.29, 0.717) is 6.42 Å². The number of aliphatic hydroxyl groups is 1. The van der Waals surface area contributed by atoms with Gasteiger partial charge in [-0.2, -0.15) is 13.2 Å². The number of halogens is 3. The molecule has 0 radical (unpaired) electrons. The van der Waals surface area contributed by atoms with E-state index in [1.807, 2.05) is 5.32 Å². The maximum Gasteiger partial charge on any atom is 0.471 e. The van der Waals surface area contributed by atoms with Crippen molar-refractivity contribution >= 4 is 5.91 Å². The van der Waals surface area contributed by atoms with Crippen LogP contribution in [0.3, 0.4) is 0 Å². The third kappa shape index (κ3) is 3.83. The van der Waals surface area contributed by atoms with Gasteiger partial charge in [-0.3, -0.25) is 4.79 Å². The quantitative estimate of drug-likeness (QED) is 0.756. The second-order valence-electron chi connectivity index (χ2n) is 3.70. The van der Waals surface area contributed by atoms with Crippen LogP contribution >= 0.6 is 0 Å². The van der Waals surface area contributed by atoms with Crippen molar-refractivity contribution in [2.24, 2.45) is 0 Å². The van der Waals surface area contributed by atoms with Gasteiger partial charge >= 0.3 is 12.1 Å². The van der Waals surface area contributed by atoms with Crippen molar-refractivity contribution in [1.29, 1.82) is 0 Å². The highest BCUT2D eigenvalue weighted by Gasteiger charge is 2.42. The van der Waals surface area contributed by atoms with Crippen LogP contribution in [0, 0.1) is 0 Å². The summed E-state index contributed by atoms with van der Waals surface area (Å²) in [4.78, 5) is 10.7. The molecule has 3 atom stereocenters. The number of methoxy groups -OCH3 is 1. The van der Waals surface area contributed by atoms with E-state index in [-0.39, 0.29) is 13.0 Å². The Morgan fingerprint density at radius 3 is 2.65 bits per heavy atom. The van der Waals surface area contributed by atoms with Crippen LogP contribution < -0.4 is 5.32 Å². The van der Waals surface area contributed by atoms with Gasteiger partial charge in [-0.1, -0.05) is 0 Å². The van der Waals surface area contributed by atoms with Gasteiger partial charge in [0.1, 0.15) is 0 Å². The van der Waals surface area contributed by atoms with Crippen LogP contribution in [0.2, 0.25) is 0 Å². The van der Waals surface area contributed by atoms with Gasteiger partial charge in [0.2, 0.25) is 0 Å². The van der Waals surface area contributed by atoms with Crippen molar-refractivity contribution in [3.8, 4) is 0 Å². The molecule has 1 aliphatic heterocycles. The summed E-state index contributed by atoms with van der Waals surface area (Å²) in [6.07, 6.45) is -5.76. The summed E-state index contributed by atoms with van der Waals surface area (Å²) >= 11 is 0. The number of amides is 1. The molecule has 0 unspecified atom stereocenters. The molecular weight excluding hydrogens is 243 g/mol. The molecule has 5 nitrogen and oxygen atoms in total. The van der Waals surface area contributed by atoms with Crippen molar-refractivity contribution in [3.05, 3.63) is 0 Å². The lowest BCUT2D eigenvalue weighted by Gasteiger charge is -2.35. The molecule has 1 fully saturated rings. The van der Waals surface area contributed by atoms with E-state index in [2.05, 4.69) is 0 Å². The summed E-state index contributed by atoms with van der Waals surface area (Å²) in [5.74, 6) is -2.02. The second kappa shape index (κ2) is 5.65. The van der Waals surface area contributed by atoms with Gasteiger partial charge in [-0.15, -0.1) is 0 Å². The van der Waals surface area contributed by atoms with E-state index in [1.165, 1.54) is 7.11 Å². The molecule has 1 saturated heterocycles. The number of rotatable bonds is 3. The first kappa shape index (κ1) is 14.2. The molecule has 2 N–H and O–H groups in total. The second-order valence-corrected chi connectivity index (χ2v) is 3.70. The fraction of sp³-hybridized carbons (Fsp3) is 0.889. The number of alkyl halides is 3. The Bertz CT molecular complexity index is 271. The number of hydrogen-bond donors (Lipinski definition) is 2. The molecule has 0 spiro atoms. The molecule has 0 aromatic carbocycles. The standard InChI is InChI=1S/C9H14F3NO4/c1-16-7-6(3-2-5(4-14)17-7)13-8(15)9(10,11)12/h5-7,14H,2-4H2,1H3,(H,13,15)/t5-,6+,7+/m0/s1. The maximum absolute atomic E-state index is 12.0.